The van der Waals surface area contributed by atoms with Gasteiger partial charge in [-0.25, -0.2) is 9.50 Å². The van der Waals surface area contributed by atoms with Gasteiger partial charge in [0.15, 0.2) is 5.65 Å². The predicted octanol–water partition coefficient (Wildman–Crippen LogP) is 3.44. The molecular weight excluding hydrogens is 340 g/mol. The fourth-order valence-electron chi connectivity index (χ4n) is 3.55. The van der Waals surface area contributed by atoms with E-state index in [1.165, 1.54) is 12.8 Å². The van der Waals surface area contributed by atoms with Crippen molar-refractivity contribution < 1.29 is 9.53 Å². The van der Waals surface area contributed by atoms with Crippen molar-refractivity contribution in [2.45, 2.75) is 58.3 Å². The molecule has 27 heavy (non-hydrogen) atoms. The smallest absolute Gasteiger partial charge is 0.231 e. The van der Waals surface area contributed by atoms with Gasteiger partial charge in [-0.1, -0.05) is 20.8 Å². The minimum absolute atomic E-state index is 0.000364. The van der Waals surface area contributed by atoms with E-state index in [9.17, 15) is 4.79 Å². The number of hydrogen-bond donors (Lipinski definition) is 0. The number of likely N-dealkylation sites (tertiary alicyclic amines) is 1. The van der Waals surface area contributed by atoms with E-state index in [1.807, 2.05) is 23.2 Å². The summed E-state index contributed by atoms with van der Waals surface area (Å²) in [6.07, 6.45) is 7.23. The van der Waals surface area contributed by atoms with Crippen LogP contribution in [0.5, 0.6) is 5.88 Å². The van der Waals surface area contributed by atoms with Crippen LogP contribution in [0.25, 0.3) is 5.65 Å². The van der Waals surface area contributed by atoms with E-state index >= 15 is 0 Å². The molecule has 2 aromatic heterocycles. The third-order valence-corrected chi connectivity index (χ3v) is 5.66. The molecule has 1 saturated heterocycles. The second-order valence-electron chi connectivity index (χ2n) is 9.13. The summed E-state index contributed by atoms with van der Waals surface area (Å²) in [7, 11) is 0. The Bertz CT molecular complexity index is 811. The summed E-state index contributed by atoms with van der Waals surface area (Å²) in [6.45, 7) is 8.82. The largest absolute Gasteiger partial charge is 0.476 e. The van der Waals surface area contributed by atoms with Crippen LogP contribution in [0.1, 0.15) is 58.6 Å². The Balaban J connectivity index is 1.29. The van der Waals surface area contributed by atoms with E-state index in [1.54, 1.807) is 4.52 Å². The Morgan fingerprint density at radius 2 is 1.89 bits per heavy atom. The molecule has 0 aromatic carbocycles. The number of ether oxygens (including phenoxy) is 1. The lowest BCUT2D eigenvalue weighted by Gasteiger charge is -2.31. The maximum Gasteiger partial charge on any atom is 0.231 e. The van der Waals surface area contributed by atoms with Crippen molar-refractivity contribution in [3.05, 3.63) is 24.0 Å². The first-order valence-electron chi connectivity index (χ1n) is 10.2. The highest BCUT2D eigenvalue weighted by Crippen LogP contribution is 2.33. The molecule has 0 unspecified atom stereocenters. The van der Waals surface area contributed by atoms with Gasteiger partial charge in [-0.05, 0) is 43.6 Å². The molecule has 2 aromatic rings. The lowest BCUT2D eigenvalue weighted by Crippen LogP contribution is -2.39. The van der Waals surface area contributed by atoms with Crippen LogP contribution >= 0.6 is 0 Å². The SMILES string of the molecule is CC(C)(C)c1cn2nc(OCC3CCN(C(=O)CC4CC4)CC3)ccc2n1. The van der Waals surface area contributed by atoms with Crippen LogP contribution in [0.2, 0.25) is 0 Å². The van der Waals surface area contributed by atoms with E-state index in [0.29, 0.717) is 30.2 Å². The number of fused-ring (bicyclic) bond motifs is 1. The van der Waals surface area contributed by atoms with Crippen molar-refractivity contribution in [2.24, 2.45) is 11.8 Å². The van der Waals surface area contributed by atoms with Gasteiger partial charge in [-0.3, -0.25) is 4.79 Å². The second-order valence-corrected chi connectivity index (χ2v) is 9.13. The van der Waals surface area contributed by atoms with Crippen molar-refractivity contribution in [2.75, 3.05) is 19.7 Å². The Morgan fingerprint density at radius 1 is 1.15 bits per heavy atom. The highest BCUT2D eigenvalue weighted by atomic mass is 16.5. The molecule has 0 radical (unpaired) electrons. The summed E-state index contributed by atoms with van der Waals surface area (Å²) >= 11 is 0. The Morgan fingerprint density at radius 3 is 2.56 bits per heavy atom. The number of carbonyl (C=O) groups is 1. The van der Waals surface area contributed by atoms with Gasteiger partial charge >= 0.3 is 0 Å². The fraction of sp³-hybridized carbons (Fsp3) is 0.667. The molecule has 1 aliphatic heterocycles. The second kappa shape index (κ2) is 7.13. The van der Waals surface area contributed by atoms with Crippen LogP contribution < -0.4 is 4.74 Å². The molecule has 6 nitrogen and oxygen atoms in total. The quantitative estimate of drug-likeness (QED) is 0.809. The number of carbonyl (C=O) groups excluding carboxylic acids is 1. The summed E-state index contributed by atoms with van der Waals surface area (Å²) in [5.41, 5.74) is 1.87. The van der Waals surface area contributed by atoms with Crippen LogP contribution in [0, 0.1) is 11.8 Å². The maximum atomic E-state index is 12.2. The zero-order chi connectivity index (χ0) is 19.0. The minimum atomic E-state index is -0.000364. The summed E-state index contributed by atoms with van der Waals surface area (Å²) in [5.74, 6) is 2.13. The first kappa shape index (κ1) is 18.3. The summed E-state index contributed by atoms with van der Waals surface area (Å²) < 4.78 is 7.76. The van der Waals surface area contributed by atoms with Crippen LogP contribution in [0.4, 0.5) is 0 Å². The molecule has 0 bridgehead atoms. The third-order valence-electron chi connectivity index (χ3n) is 5.66. The maximum absolute atomic E-state index is 12.2. The predicted molar refractivity (Wildman–Crippen MR) is 104 cm³/mol. The number of hydrogen-bond acceptors (Lipinski definition) is 4. The number of rotatable bonds is 5. The van der Waals surface area contributed by atoms with Crippen molar-refractivity contribution >= 4 is 11.6 Å². The molecule has 1 amide bonds. The van der Waals surface area contributed by atoms with Gasteiger partial charge in [0.25, 0.3) is 0 Å². The number of imidazole rings is 1. The highest BCUT2D eigenvalue weighted by Gasteiger charge is 2.29. The molecule has 4 rings (SSSR count). The van der Waals surface area contributed by atoms with E-state index in [-0.39, 0.29) is 5.41 Å². The molecule has 2 aliphatic rings. The molecule has 0 spiro atoms. The monoisotopic (exact) mass is 370 g/mol. The molecule has 1 aliphatic carbocycles. The lowest BCUT2D eigenvalue weighted by atomic mass is 9.93. The van der Waals surface area contributed by atoms with Crippen molar-refractivity contribution in [1.82, 2.24) is 19.5 Å². The average molecular weight is 370 g/mol. The summed E-state index contributed by atoms with van der Waals surface area (Å²) in [5, 5.41) is 4.54. The molecule has 0 N–H and O–H groups in total. The molecule has 2 fully saturated rings. The van der Waals surface area contributed by atoms with Gasteiger partial charge in [-0.2, -0.15) is 0 Å². The average Bonchev–Trinajstić information content (AvgIpc) is 3.33. The van der Waals surface area contributed by atoms with Crippen molar-refractivity contribution in [3.63, 3.8) is 0 Å². The van der Waals surface area contributed by atoms with Gasteiger partial charge in [-0.15, -0.1) is 5.10 Å². The zero-order valence-electron chi connectivity index (χ0n) is 16.6. The number of nitrogens with zero attached hydrogens (tertiary/aromatic N) is 4. The van der Waals surface area contributed by atoms with E-state index in [2.05, 4.69) is 30.9 Å². The number of piperidine rings is 1. The highest BCUT2D eigenvalue weighted by molar-refractivity contribution is 5.76. The van der Waals surface area contributed by atoms with Crippen LogP contribution in [-0.2, 0) is 10.2 Å². The molecule has 1 saturated carbocycles. The van der Waals surface area contributed by atoms with Gasteiger partial charge in [0.1, 0.15) is 0 Å². The van der Waals surface area contributed by atoms with Gasteiger partial charge in [0.2, 0.25) is 11.8 Å². The first-order valence-corrected chi connectivity index (χ1v) is 10.2. The van der Waals surface area contributed by atoms with Crippen molar-refractivity contribution in [3.8, 4) is 5.88 Å². The molecule has 0 atom stereocenters. The number of aromatic nitrogens is 3. The Labute approximate surface area is 160 Å². The van der Waals surface area contributed by atoms with Gasteiger partial charge < -0.3 is 9.64 Å². The Kier molecular flexibility index (Phi) is 4.82. The van der Waals surface area contributed by atoms with E-state index in [4.69, 9.17) is 4.74 Å². The van der Waals surface area contributed by atoms with Gasteiger partial charge in [0.05, 0.1) is 18.5 Å². The normalized spacial score (nSPS) is 18.9. The zero-order valence-corrected chi connectivity index (χ0v) is 16.6. The summed E-state index contributed by atoms with van der Waals surface area (Å²) in [4.78, 5) is 18.9. The number of amides is 1. The molecule has 6 heteroatoms. The third kappa shape index (κ3) is 4.42. The minimum Gasteiger partial charge on any atom is -0.476 e. The molecule has 3 heterocycles. The van der Waals surface area contributed by atoms with Crippen molar-refractivity contribution in [1.29, 1.82) is 0 Å². The standard InChI is InChI=1S/C21H30N4O2/c1-21(2,3)17-13-25-18(22-17)6-7-19(23-25)27-14-16-8-10-24(11-9-16)20(26)12-15-4-5-15/h6-7,13,15-16H,4-5,8-12,14H2,1-3H3. The Hall–Kier alpha value is -2.11. The van der Waals surface area contributed by atoms with E-state index < -0.39 is 0 Å². The molecule has 146 valence electrons. The fourth-order valence-corrected chi connectivity index (χ4v) is 3.55. The molecular formula is C21H30N4O2. The van der Waals surface area contributed by atoms with Crippen LogP contribution in [0.3, 0.4) is 0 Å². The van der Waals surface area contributed by atoms with Gasteiger partial charge in [0, 0.05) is 31.0 Å². The topological polar surface area (TPSA) is 59.7 Å². The lowest BCUT2D eigenvalue weighted by molar-refractivity contribution is -0.133. The van der Waals surface area contributed by atoms with Crippen LogP contribution in [0.15, 0.2) is 18.3 Å². The van der Waals surface area contributed by atoms with Crippen LogP contribution in [-0.4, -0.2) is 45.1 Å². The first-order chi connectivity index (χ1) is 12.9. The summed E-state index contributed by atoms with van der Waals surface area (Å²) in [6, 6.07) is 3.85. The van der Waals surface area contributed by atoms with E-state index in [0.717, 1.165) is 43.7 Å².